The van der Waals surface area contributed by atoms with Crippen LogP contribution in [0.2, 0.25) is 0 Å². The second-order valence-corrected chi connectivity index (χ2v) is 7.19. The highest BCUT2D eigenvalue weighted by molar-refractivity contribution is 7.89. The smallest absolute Gasteiger partial charge is 0.241 e. The quantitative estimate of drug-likeness (QED) is 0.866. The fourth-order valence-electron chi connectivity index (χ4n) is 2.50. The summed E-state index contributed by atoms with van der Waals surface area (Å²) in [6, 6.07) is 5.23. The minimum absolute atomic E-state index is 0.273. The number of nitrogens with one attached hydrogen (secondary N) is 1. The van der Waals surface area contributed by atoms with Crippen molar-refractivity contribution >= 4 is 10.0 Å². The van der Waals surface area contributed by atoms with E-state index in [1.165, 1.54) is 0 Å². The molecule has 0 aromatic heterocycles. The van der Waals surface area contributed by atoms with Crippen molar-refractivity contribution in [3.05, 3.63) is 29.3 Å². The van der Waals surface area contributed by atoms with E-state index in [4.69, 9.17) is 5.73 Å². The third-order valence-electron chi connectivity index (χ3n) is 3.93. The molecule has 0 heterocycles. The molecule has 1 aromatic rings. The molecule has 0 aliphatic heterocycles. The topological polar surface area (TPSA) is 72.2 Å². The van der Waals surface area contributed by atoms with Gasteiger partial charge in [0.1, 0.15) is 0 Å². The predicted octanol–water partition coefficient (Wildman–Crippen LogP) is 1.93. The van der Waals surface area contributed by atoms with Gasteiger partial charge in [-0.05, 0) is 55.9 Å². The summed E-state index contributed by atoms with van der Waals surface area (Å²) in [6.07, 6.45) is 3.76. The van der Waals surface area contributed by atoms with E-state index in [1.807, 2.05) is 19.9 Å². The second kappa shape index (κ2) is 5.23. The fraction of sp³-hybridized carbons (Fsp3) is 0.571. The summed E-state index contributed by atoms with van der Waals surface area (Å²) in [6.45, 7) is 4.36. The number of hydrogen-bond donors (Lipinski definition) is 2. The summed E-state index contributed by atoms with van der Waals surface area (Å²) >= 11 is 0. The standard InChI is InChI=1S/C14H22N2O2S/c1-3-11-5-6-13(9-12(11)10-15)19(17,18)16-14(2)7-4-8-14/h5-6,9,16H,3-4,7-8,10,15H2,1-2H3. The maximum Gasteiger partial charge on any atom is 0.241 e. The Morgan fingerprint density at radius 1 is 1.32 bits per heavy atom. The molecule has 4 nitrogen and oxygen atoms in total. The molecule has 19 heavy (non-hydrogen) atoms. The lowest BCUT2D eigenvalue weighted by Crippen LogP contribution is -2.50. The van der Waals surface area contributed by atoms with Crippen molar-refractivity contribution in [3.8, 4) is 0 Å². The highest BCUT2D eigenvalue weighted by Gasteiger charge is 2.36. The molecule has 0 atom stereocenters. The van der Waals surface area contributed by atoms with Crippen LogP contribution in [0.5, 0.6) is 0 Å². The molecule has 5 heteroatoms. The van der Waals surface area contributed by atoms with Crippen molar-refractivity contribution in [2.45, 2.75) is 56.5 Å². The van der Waals surface area contributed by atoms with Crippen LogP contribution < -0.4 is 10.5 Å². The fourth-order valence-corrected chi connectivity index (χ4v) is 4.01. The van der Waals surface area contributed by atoms with Crippen molar-refractivity contribution in [1.29, 1.82) is 0 Å². The summed E-state index contributed by atoms with van der Waals surface area (Å²) in [5.74, 6) is 0. The first-order valence-electron chi connectivity index (χ1n) is 6.76. The Bertz CT molecular complexity index is 563. The van der Waals surface area contributed by atoms with Crippen LogP contribution in [0, 0.1) is 0 Å². The Kier molecular flexibility index (Phi) is 3.99. The van der Waals surface area contributed by atoms with Crippen LogP contribution in [0.25, 0.3) is 0 Å². The van der Waals surface area contributed by atoms with E-state index < -0.39 is 10.0 Å². The minimum Gasteiger partial charge on any atom is -0.326 e. The molecule has 0 amide bonds. The normalized spacial score (nSPS) is 18.1. The van der Waals surface area contributed by atoms with E-state index in [9.17, 15) is 8.42 Å². The number of benzene rings is 1. The molecule has 1 saturated carbocycles. The van der Waals surface area contributed by atoms with Gasteiger partial charge in [0.15, 0.2) is 0 Å². The molecule has 0 unspecified atom stereocenters. The summed E-state index contributed by atoms with van der Waals surface area (Å²) in [5, 5.41) is 0. The van der Waals surface area contributed by atoms with Gasteiger partial charge in [-0.15, -0.1) is 0 Å². The monoisotopic (exact) mass is 282 g/mol. The van der Waals surface area contributed by atoms with Gasteiger partial charge in [-0.3, -0.25) is 0 Å². The van der Waals surface area contributed by atoms with E-state index in [0.717, 1.165) is 36.8 Å². The van der Waals surface area contributed by atoms with Gasteiger partial charge >= 0.3 is 0 Å². The van der Waals surface area contributed by atoms with E-state index in [-0.39, 0.29) is 5.54 Å². The zero-order valence-corrected chi connectivity index (χ0v) is 12.4. The lowest BCUT2D eigenvalue weighted by atomic mass is 9.80. The van der Waals surface area contributed by atoms with Crippen molar-refractivity contribution < 1.29 is 8.42 Å². The van der Waals surface area contributed by atoms with Crippen molar-refractivity contribution in [1.82, 2.24) is 4.72 Å². The first-order chi connectivity index (χ1) is 8.90. The van der Waals surface area contributed by atoms with Crippen LogP contribution in [0.15, 0.2) is 23.1 Å². The Morgan fingerprint density at radius 3 is 2.47 bits per heavy atom. The zero-order chi connectivity index (χ0) is 14.1. The van der Waals surface area contributed by atoms with Crippen LogP contribution in [0.1, 0.15) is 44.2 Å². The highest BCUT2D eigenvalue weighted by Crippen LogP contribution is 2.32. The average molecular weight is 282 g/mol. The van der Waals surface area contributed by atoms with Gasteiger partial charge < -0.3 is 5.73 Å². The maximum absolute atomic E-state index is 12.4. The van der Waals surface area contributed by atoms with E-state index in [0.29, 0.717) is 11.4 Å². The first-order valence-corrected chi connectivity index (χ1v) is 8.24. The van der Waals surface area contributed by atoms with Crippen LogP contribution in [-0.4, -0.2) is 14.0 Å². The lowest BCUT2D eigenvalue weighted by molar-refractivity contribution is 0.248. The largest absolute Gasteiger partial charge is 0.326 e. The zero-order valence-electron chi connectivity index (χ0n) is 11.6. The van der Waals surface area contributed by atoms with Gasteiger partial charge in [0.05, 0.1) is 4.90 Å². The third kappa shape index (κ3) is 2.99. The van der Waals surface area contributed by atoms with Gasteiger partial charge in [-0.1, -0.05) is 13.0 Å². The Morgan fingerprint density at radius 2 is 2.00 bits per heavy atom. The summed E-state index contributed by atoms with van der Waals surface area (Å²) in [5.41, 5.74) is 7.43. The van der Waals surface area contributed by atoms with Gasteiger partial charge in [0.2, 0.25) is 10.0 Å². The first kappa shape index (κ1) is 14.5. The molecule has 1 fully saturated rings. The Balaban J connectivity index is 2.30. The van der Waals surface area contributed by atoms with Gasteiger partial charge in [-0.25, -0.2) is 13.1 Å². The van der Waals surface area contributed by atoms with Crippen molar-refractivity contribution in [2.75, 3.05) is 0 Å². The maximum atomic E-state index is 12.4. The van der Waals surface area contributed by atoms with Gasteiger partial charge in [-0.2, -0.15) is 0 Å². The summed E-state index contributed by atoms with van der Waals surface area (Å²) in [7, 11) is -3.44. The number of sulfonamides is 1. The molecule has 1 aliphatic rings. The Labute approximate surface area is 115 Å². The highest BCUT2D eigenvalue weighted by atomic mass is 32.2. The van der Waals surface area contributed by atoms with Crippen molar-refractivity contribution in [2.24, 2.45) is 5.73 Å². The molecule has 0 radical (unpaired) electrons. The lowest BCUT2D eigenvalue weighted by Gasteiger charge is -2.38. The van der Waals surface area contributed by atoms with Crippen LogP contribution in [0.3, 0.4) is 0 Å². The second-order valence-electron chi connectivity index (χ2n) is 5.51. The minimum atomic E-state index is -3.44. The van der Waals surface area contributed by atoms with Crippen LogP contribution >= 0.6 is 0 Å². The molecule has 0 spiro atoms. The molecular formula is C14H22N2O2S. The molecular weight excluding hydrogens is 260 g/mol. The molecule has 106 valence electrons. The molecule has 1 aromatic carbocycles. The van der Waals surface area contributed by atoms with E-state index in [2.05, 4.69) is 4.72 Å². The number of hydrogen-bond acceptors (Lipinski definition) is 3. The van der Waals surface area contributed by atoms with Crippen LogP contribution in [0.4, 0.5) is 0 Å². The van der Waals surface area contributed by atoms with E-state index in [1.54, 1.807) is 12.1 Å². The molecule has 2 rings (SSSR count). The summed E-state index contributed by atoms with van der Waals surface area (Å²) < 4.78 is 27.5. The van der Waals surface area contributed by atoms with Crippen molar-refractivity contribution in [3.63, 3.8) is 0 Å². The Hall–Kier alpha value is -0.910. The molecule has 0 saturated heterocycles. The number of nitrogens with two attached hydrogens (primary N) is 1. The number of aryl methyl sites for hydroxylation is 1. The molecule has 3 N–H and O–H groups in total. The average Bonchev–Trinajstić information content (AvgIpc) is 2.35. The molecule has 1 aliphatic carbocycles. The SMILES string of the molecule is CCc1ccc(S(=O)(=O)NC2(C)CCC2)cc1CN. The summed E-state index contributed by atoms with van der Waals surface area (Å²) in [4.78, 5) is 0.318. The van der Waals surface area contributed by atoms with Crippen LogP contribution in [-0.2, 0) is 23.0 Å². The predicted molar refractivity (Wildman–Crippen MR) is 76.3 cm³/mol. The van der Waals surface area contributed by atoms with Gasteiger partial charge in [0, 0.05) is 12.1 Å². The van der Waals surface area contributed by atoms with E-state index >= 15 is 0 Å². The third-order valence-corrected chi connectivity index (χ3v) is 5.56. The van der Waals surface area contributed by atoms with Gasteiger partial charge in [0.25, 0.3) is 0 Å². The molecule has 0 bridgehead atoms. The number of rotatable bonds is 5.